The van der Waals surface area contributed by atoms with Crippen molar-refractivity contribution in [3.8, 4) is 11.4 Å². The zero-order valence-corrected chi connectivity index (χ0v) is 21.2. The van der Waals surface area contributed by atoms with Gasteiger partial charge in [-0.05, 0) is 56.3 Å². The Balaban J connectivity index is 2.14. The van der Waals surface area contributed by atoms with Crippen LogP contribution in [-0.2, 0) is 14.8 Å². The summed E-state index contributed by atoms with van der Waals surface area (Å²) in [5.74, 6) is 0.640. The van der Waals surface area contributed by atoms with E-state index in [1.54, 1.807) is 25.3 Å². The summed E-state index contributed by atoms with van der Waals surface area (Å²) in [6, 6.07) is 12.5. The van der Waals surface area contributed by atoms with Crippen LogP contribution in [0.4, 0.5) is 0 Å². The Morgan fingerprint density at radius 1 is 1.15 bits per heavy atom. The van der Waals surface area contributed by atoms with Gasteiger partial charge in [0, 0.05) is 25.3 Å². The van der Waals surface area contributed by atoms with Gasteiger partial charge in [0.25, 0.3) is 0 Å². The molecule has 0 fully saturated rings. The number of ether oxygens (including phenoxy) is 1. The molecule has 2 aromatic carbocycles. The molecule has 1 atom stereocenters. The molecule has 33 heavy (non-hydrogen) atoms. The predicted octanol–water partition coefficient (Wildman–Crippen LogP) is 3.68. The van der Waals surface area contributed by atoms with Crippen molar-refractivity contribution in [1.82, 2.24) is 19.2 Å². The molecule has 0 aliphatic heterocycles. The molecule has 1 amide bonds. The summed E-state index contributed by atoms with van der Waals surface area (Å²) in [5, 5.41) is 3.06. The van der Waals surface area contributed by atoms with Gasteiger partial charge in [-0.15, -0.1) is 0 Å². The Morgan fingerprint density at radius 2 is 1.82 bits per heavy atom. The minimum atomic E-state index is -3.62. The highest BCUT2D eigenvalue weighted by atomic mass is 32.2. The fraction of sp³-hybridized carbons (Fsp3) is 0.391. The number of benzene rings is 2. The summed E-state index contributed by atoms with van der Waals surface area (Å²) in [6.07, 6.45) is 0. The van der Waals surface area contributed by atoms with E-state index in [0.717, 1.165) is 17.0 Å². The first-order chi connectivity index (χ1) is 15.8. The highest BCUT2D eigenvalue weighted by Crippen LogP contribution is 2.32. The van der Waals surface area contributed by atoms with Gasteiger partial charge in [0.05, 0.1) is 28.3 Å². The van der Waals surface area contributed by atoms with Crippen LogP contribution in [0.15, 0.2) is 52.5 Å². The summed E-state index contributed by atoms with van der Waals surface area (Å²) >= 11 is 1.33. The Bertz CT molecular complexity index is 1220. The smallest absolute Gasteiger partial charge is 0.243 e. The molecule has 0 radical (unpaired) electrons. The number of carbonyl (C=O) groups excluding carboxylic acids is 1. The molecule has 0 saturated carbocycles. The van der Waals surface area contributed by atoms with Crippen molar-refractivity contribution in [2.45, 2.75) is 43.0 Å². The van der Waals surface area contributed by atoms with Crippen LogP contribution in [0.25, 0.3) is 16.7 Å². The number of thioether (sulfide) groups is 1. The Morgan fingerprint density at radius 3 is 2.39 bits per heavy atom. The molecular formula is C23H30N4O4S2. The van der Waals surface area contributed by atoms with Crippen LogP contribution < -0.4 is 10.1 Å². The Kier molecular flexibility index (Phi) is 8.04. The van der Waals surface area contributed by atoms with Crippen LogP contribution in [0.1, 0.15) is 27.7 Å². The van der Waals surface area contributed by atoms with Crippen molar-refractivity contribution in [2.75, 3.05) is 26.7 Å². The number of aromatic nitrogens is 2. The van der Waals surface area contributed by atoms with E-state index in [2.05, 4.69) is 5.32 Å². The third-order valence-corrected chi connectivity index (χ3v) is 8.37. The molecule has 8 nitrogen and oxygen atoms in total. The number of sulfonamides is 1. The Hall–Kier alpha value is -2.56. The summed E-state index contributed by atoms with van der Waals surface area (Å²) in [6.45, 7) is 8.66. The van der Waals surface area contributed by atoms with Crippen LogP contribution in [0.5, 0.6) is 5.75 Å². The van der Waals surface area contributed by atoms with Gasteiger partial charge in [0.1, 0.15) is 5.75 Å². The standard InChI is InChI=1S/C23H30N4O4S2/c1-6-24-22(28)16(4)32-23-25-20-15-19(33(29,30)26(7-2)8-3)13-14-21(20)27(23)17-9-11-18(31-5)12-10-17/h9-16H,6-8H2,1-5H3,(H,24,28). The number of carbonyl (C=O) groups is 1. The number of imidazole rings is 1. The lowest BCUT2D eigenvalue weighted by atomic mass is 10.2. The van der Waals surface area contributed by atoms with E-state index < -0.39 is 10.0 Å². The molecule has 1 heterocycles. The van der Waals surface area contributed by atoms with Gasteiger partial charge in [-0.1, -0.05) is 25.6 Å². The molecule has 0 spiro atoms. The number of hydrogen-bond acceptors (Lipinski definition) is 6. The quantitative estimate of drug-likeness (QED) is 0.436. The van der Waals surface area contributed by atoms with E-state index in [-0.39, 0.29) is 16.1 Å². The highest BCUT2D eigenvalue weighted by Gasteiger charge is 2.24. The average Bonchev–Trinajstić information content (AvgIpc) is 3.16. The molecule has 3 rings (SSSR count). The third kappa shape index (κ3) is 5.18. The second-order valence-corrected chi connectivity index (χ2v) is 10.6. The first-order valence-electron chi connectivity index (χ1n) is 10.9. The maximum atomic E-state index is 13.0. The summed E-state index contributed by atoms with van der Waals surface area (Å²) in [7, 11) is -2.01. The largest absolute Gasteiger partial charge is 0.497 e. The summed E-state index contributed by atoms with van der Waals surface area (Å²) in [5.41, 5.74) is 2.14. The van der Waals surface area contributed by atoms with E-state index in [1.807, 2.05) is 56.5 Å². The fourth-order valence-corrected chi connectivity index (χ4v) is 5.95. The van der Waals surface area contributed by atoms with Crippen LogP contribution >= 0.6 is 11.8 Å². The van der Waals surface area contributed by atoms with E-state index in [4.69, 9.17) is 9.72 Å². The van der Waals surface area contributed by atoms with Crippen LogP contribution in [0.2, 0.25) is 0 Å². The summed E-state index contributed by atoms with van der Waals surface area (Å²) in [4.78, 5) is 17.3. The van der Waals surface area contributed by atoms with Gasteiger partial charge in [-0.2, -0.15) is 4.31 Å². The average molecular weight is 491 g/mol. The van der Waals surface area contributed by atoms with Gasteiger partial charge in [0.15, 0.2) is 5.16 Å². The monoisotopic (exact) mass is 490 g/mol. The molecule has 1 unspecified atom stereocenters. The topological polar surface area (TPSA) is 93.5 Å². The SMILES string of the molecule is CCNC(=O)C(C)Sc1nc2cc(S(=O)(=O)N(CC)CC)ccc2n1-c1ccc(OC)cc1. The zero-order valence-electron chi connectivity index (χ0n) is 19.5. The number of nitrogens with zero attached hydrogens (tertiary/aromatic N) is 3. The van der Waals surface area contributed by atoms with Gasteiger partial charge in [0.2, 0.25) is 15.9 Å². The zero-order chi connectivity index (χ0) is 24.2. The molecule has 0 aliphatic carbocycles. The maximum absolute atomic E-state index is 13.0. The summed E-state index contributed by atoms with van der Waals surface area (Å²) < 4.78 is 34.7. The lowest BCUT2D eigenvalue weighted by Crippen LogP contribution is -2.30. The lowest BCUT2D eigenvalue weighted by Gasteiger charge is -2.18. The van der Waals surface area contributed by atoms with Crippen LogP contribution in [-0.4, -0.2) is 60.2 Å². The number of hydrogen-bond donors (Lipinski definition) is 1. The van der Waals surface area contributed by atoms with Gasteiger partial charge < -0.3 is 10.1 Å². The van der Waals surface area contributed by atoms with Crippen molar-refractivity contribution in [3.05, 3.63) is 42.5 Å². The van der Waals surface area contributed by atoms with Crippen molar-refractivity contribution in [2.24, 2.45) is 0 Å². The van der Waals surface area contributed by atoms with Gasteiger partial charge in [-0.25, -0.2) is 13.4 Å². The number of amides is 1. The van der Waals surface area contributed by atoms with Crippen LogP contribution in [0, 0.1) is 0 Å². The Labute approximate surface area is 199 Å². The molecule has 0 bridgehead atoms. The first kappa shape index (κ1) is 25.1. The van der Waals surface area contributed by atoms with Crippen molar-refractivity contribution >= 4 is 38.7 Å². The van der Waals surface area contributed by atoms with E-state index in [9.17, 15) is 13.2 Å². The van der Waals surface area contributed by atoms with E-state index >= 15 is 0 Å². The highest BCUT2D eigenvalue weighted by molar-refractivity contribution is 8.00. The number of methoxy groups -OCH3 is 1. The molecule has 178 valence electrons. The van der Waals surface area contributed by atoms with Crippen LogP contribution in [0.3, 0.4) is 0 Å². The molecule has 0 saturated heterocycles. The molecular weight excluding hydrogens is 460 g/mol. The normalized spacial score (nSPS) is 12.8. The molecule has 3 aromatic rings. The molecule has 10 heteroatoms. The predicted molar refractivity (Wildman–Crippen MR) is 132 cm³/mol. The van der Waals surface area contributed by atoms with Gasteiger partial charge in [-0.3, -0.25) is 9.36 Å². The second-order valence-electron chi connectivity index (χ2n) is 7.32. The maximum Gasteiger partial charge on any atom is 0.243 e. The number of fused-ring (bicyclic) bond motifs is 1. The fourth-order valence-electron chi connectivity index (χ4n) is 3.50. The molecule has 1 N–H and O–H groups in total. The number of rotatable bonds is 10. The number of nitrogens with one attached hydrogen (secondary N) is 1. The second kappa shape index (κ2) is 10.6. The minimum absolute atomic E-state index is 0.0827. The van der Waals surface area contributed by atoms with Crippen molar-refractivity contribution in [1.29, 1.82) is 0 Å². The lowest BCUT2D eigenvalue weighted by molar-refractivity contribution is -0.120. The van der Waals surface area contributed by atoms with E-state index in [1.165, 1.54) is 16.1 Å². The third-order valence-electron chi connectivity index (χ3n) is 5.27. The van der Waals surface area contributed by atoms with Crippen molar-refractivity contribution < 1.29 is 17.9 Å². The van der Waals surface area contributed by atoms with Gasteiger partial charge >= 0.3 is 0 Å². The molecule has 1 aromatic heterocycles. The first-order valence-corrected chi connectivity index (χ1v) is 13.2. The van der Waals surface area contributed by atoms with E-state index in [0.29, 0.717) is 30.3 Å². The van der Waals surface area contributed by atoms with Crippen molar-refractivity contribution in [3.63, 3.8) is 0 Å². The molecule has 0 aliphatic rings. The minimum Gasteiger partial charge on any atom is -0.497 e.